The number of aryl methyl sites for hydroxylation is 1. The summed E-state index contributed by atoms with van der Waals surface area (Å²) >= 11 is 6.15. The van der Waals surface area contributed by atoms with Crippen molar-refractivity contribution in [2.75, 3.05) is 7.05 Å². The molecule has 1 aliphatic carbocycles. The molecule has 0 bridgehead atoms. The Labute approximate surface area is 116 Å². The van der Waals surface area contributed by atoms with Crippen molar-refractivity contribution >= 4 is 11.6 Å². The number of hydrogen-bond acceptors (Lipinski definition) is 1. The first-order valence-electron chi connectivity index (χ1n) is 7.05. The summed E-state index contributed by atoms with van der Waals surface area (Å²) in [6, 6.07) is 6.70. The quantitative estimate of drug-likeness (QED) is 0.833. The van der Waals surface area contributed by atoms with Crippen LogP contribution in [0.3, 0.4) is 0 Å². The van der Waals surface area contributed by atoms with Gasteiger partial charge in [-0.05, 0) is 61.9 Å². The van der Waals surface area contributed by atoms with Gasteiger partial charge in [0.1, 0.15) is 0 Å². The molecule has 1 fully saturated rings. The maximum atomic E-state index is 6.15. The number of nitrogens with one attached hydrogen (secondary N) is 1. The number of halogens is 1. The monoisotopic (exact) mass is 265 g/mol. The zero-order valence-electron chi connectivity index (χ0n) is 11.7. The Bertz CT molecular complexity index is 394. The standard InChI is InChI=1S/C16H24ClN/c1-11-4-7-13(8-5-11)16(18-3)15-10-14(17)9-6-12(15)2/h6,9-11,13,16,18H,4-5,7-8H2,1-3H3. The fourth-order valence-corrected chi connectivity index (χ4v) is 3.39. The average Bonchev–Trinajstić information content (AvgIpc) is 2.37. The van der Waals surface area contributed by atoms with E-state index in [2.05, 4.69) is 38.3 Å². The molecule has 0 aliphatic heterocycles. The first-order valence-corrected chi connectivity index (χ1v) is 7.43. The molecule has 1 atom stereocenters. The van der Waals surface area contributed by atoms with Crippen molar-refractivity contribution < 1.29 is 0 Å². The minimum Gasteiger partial charge on any atom is -0.313 e. The highest BCUT2D eigenvalue weighted by atomic mass is 35.5. The number of hydrogen-bond donors (Lipinski definition) is 1. The third-order valence-corrected chi connectivity index (χ3v) is 4.65. The Morgan fingerprint density at radius 1 is 1.22 bits per heavy atom. The van der Waals surface area contributed by atoms with Gasteiger partial charge in [0.05, 0.1) is 0 Å². The van der Waals surface area contributed by atoms with Gasteiger partial charge in [-0.1, -0.05) is 37.4 Å². The van der Waals surface area contributed by atoms with Crippen LogP contribution in [0, 0.1) is 18.8 Å². The van der Waals surface area contributed by atoms with Crippen molar-refractivity contribution in [3.05, 3.63) is 34.3 Å². The van der Waals surface area contributed by atoms with Crippen LogP contribution in [0.4, 0.5) is 0 Å². The molecule has 2 rings (SSSR count). The lowest BCUT2D eigenvalue weighted by atomic mass is 9.77. The summed E-state index contributed by atoms with van der Waals surface area (Å²) in [5.41, 5.74) is 2.72. The van der Waals surface area contributed by atoms with Crippen LogP contribution >= 0.6 is 11.6 Å². The van der Waals surface area contributed by atoms with Crippen LogP contribution in [0.15, 0.2) is 18.2 Å². The molecule has 100 valence electrons. The second-order valence-electron chi connectivity index (χ2n) is 5.79. The topological polar surface area (TPSA) is 12.0 Å². The first-order chi connectivity index (χ1) is 8.61. The zero-order chi connectivity index (χ0) is 13.1. The van der Waals surface area contributed by atoms with Crippen LogP contribution in [0.1, 0.15) is 49.8 Å². The van der Waals surface area contributed by atoms with Crippen molar-refractivity contribution in [2.24, 2.45) is 11.8 Å². The van der Waals surface area contributed by atoms with E-state index in [1.807, 2.05) is 6.07 Å². The van der Waals surface area contributed by atoms with Crippen molar-refractivity contribution in [1.29, 1.82) is 0 Å². The summed E-state index contributed by atoms with van der Waals surface area (Å²) in [5, 5.41) is 4.36. The Morgan fingerprint density at radius 2 is 1.89 bits per heavy atom. The van der Waals surface area contributed by atoms with Gasteiger partial charge < -0.3 is 5.32 Å². The molecule has 0 saturated heterocycles. The Balaban J connectivity index is 2.19. The van der Waals surface area contributed by atoms with E-state index in [0.29, 0.717) is 6.04 Å². The molecule has 1 nitrogen and oxygen atoms in total. The molecule has 2 heteroatoms. The summed E-state index contributed by atoms with van der Waals surface area (Å²) in [7, 11) is 2.07. The van der Waals surface area contributed by atoms with Crippen LogP contribution < -0.4 is 5.32 Å². The van der Waals surface area contributed by atoms with Gasteiger partial charge in [-0.2, -0.15) is 0 Å². The van der Waals surface area contributed by atoms with E-state index < -0.39 is 0 Å². The highest BCUT2D eigenvalue weighted by Gasteiger charge is 2.27. The molecule has 0 heterocycles. The number of rotatable bonds is 3. The van der Waals surface area contributed by atoms with Crippen LogP contribution in [0.2, 0.25) is 5.02 Å². The van der Waals surface area contributed by atoms with Crippen LogP contribution in [0.25, 0.3) is 0 Å². The molecule has 0 amide bonds. The van der Waals surface area contributed by atoms with Crippen LogP contribution in [-0.4, -0.2) is 7.05 Å². The van der Waals surface area contributed by atoms with E-state index in [4.69, 9.17) is 11.6 Å². The van der Waals surface area contributed by atoms with E-state index in [-0.39, 0.29) is 0 Å². The second kappa shape index (κ2) is 6.08. The Kier molecular flexibility index (Phi) is 4.69. The van der Waals surface area contributed by atoms with Crippen molar-refractivity contribution in [1.82, 2.24) is 5.32 Å². The fourth-order valence-electron chi connectivity index (χ4n) is 3.21. The third kappa shape index (κ3) is 3.07. The predicted molar refractivity (Wildman–Crippen MR) is 79.1 cm³/mol. The lowest BCUT2D eigenvalue weighted by molar-refractivity contribution is 0.237. The Morgan fingerprint density at radius 3 is 2.50 bits per heavy atom. The van der Waals surface area contributed by atoms with E-state index in [9.17, 15) is 0 Å². The maximum absolute atomic E-state index is 6.15. The fraction of sp³-hybridized carbons (Fsp3) is 0.625. The third-order valence-electron chi connectivity index (χ3n) is 4.42. The van der Waals surface area contributed by atoms with Gasteiger partial charge >= 0.3 is 0 Å². The molecule has 0 radical (unpaired) electrons. The lowest BCUT2D eigenvalue weighted by Crippen LogP contribution is -2.29. The highest BCUT2D eigenvalue weighted by Crippen LogP contribution is 2.38. The zero-order valence-corrected chi connectivity index (χ0v) is 12.4. The summed E-state index contributed by atoms with van der Waals surface area (Å²) in [6.45, 7) is 4.55. The van der Waals surface area contributed by atoms with E-state index in [1.54, 1.807) is 0 Å². The van der Waals surface area contributed by atoms with Gasteiger partial charge in [0.15, 0.2) is 0 Å². The molecule has 18 heavy (non-hydrogen) atoms. The van der Waals surface area contributed by atoms with Gasteiger partial charge in [-0.15, -0.1) is 0 Å². The van der Waals surface area contributed by atoms with E-state index >= 15 is 0 Å². The second-order valence-corrected chi connectivity index (χ2v) is 6.22. The lowest BCUT2D eigenvalue weighted by Gasteiger charge is -2.33. The van der Waals surface area contributed by atoms with Gasteiger partial charge in [-0.25, -0.2) is 0 Å². The minimum absolute atomic E-state index is 0.455. The van der Waals surface area contributed by atoms with E-state index in [1.165, 1.54) is 36.8 Å². The molecular formula is C16H24ClN. The first kappa shape index (κ1) is 13.9. The molecule has 1 saturated carbocycles. The summed E-state index contributed by atoms with van der Waals surface area (Å²) in [5.74, 6) is 1.66. The minimum atomic E-state index is 0.455. The highest BCUT2D eigenvalue weighted by molar-refractivity contribution is 6.30. The van der Waals surface area contributed by atoms with Crippen molar-refractivity contribution in [2.45, 2.75) is 45.6 Å². The molecular weight excluding hydrogens is 242 g/mol. The number of benzene rings is 1. The molecule has 1 aliphatic rings. The van der Waals surface area contributed by atoms with Crippen LogP contribution in [-0.2, 0) is 0 Å². The molecule has 1 aromatic rings. The van der Waals surface area contributed by atoms with Crippen molar-refractivity contribution in [3.63, 3.8) is 0 Å². The molecule has 1 unspecified atom stereocenters. The SMILES string of the molecule is CNC(c1cc(Cl)ccc1C)C1CCC(C)CC1. The normalized spacial score (nSPS) is 26.0. The molecule has 1 aromatic carbocycles. The summed E-state index contributed by atoms with van der Waals surface area (Å²) in [6.07, 6.45) is 5.39. The van der Waals surface area contributed by atoms with Gasteiger partial charge in [-0.3, -0.25) is 0 Å². The Hall–Kier alpha value is -0.530. The molecule has 0 spiro atoms. The molecule has 1 N–H and O–H groups in total. The van der Waals surface area contributed by atoms with Crippen molar-refractivity contribution in [3.8, 4) is 0 Å². The smallest absolute Gasteiger partial charge is 0.0409 e. The summed E-state index contributed by atoms with van der Waals surface area (Å²) < 4.78 is 0. The maximum Gasteiger partial charge on any atom is 0.0409 e. The largest absolute Gasteiger partial charge is 0.313 e. The van der Waals surface area contributed by atoms with Gasteiger partial charge in [0.25, 0.3) is 0 Å². The van der Waals surface area contributed by atoms with Gasteiger partial charge in [0, 0.05) is 11.1 Å². The summed E-state index contributed by atoms with van der Waals surface area (Å²) in [4.78, 5) is 0. The average molecular weight is 266 g/mol. The van der Waals surface area contributed by atoms with Crippen LogP contribution in [0.5, 0.6) is 0 Å². The van der Waals surface area contributed by atoms with Gasteiger partial charge in [0.2, 0.25) is 0 Å². The van der Waals surface area contributed by atoms with E-state index in [0.717, 1.165) is 16.9 Å². The molecule has 0 aromatic heterocycles. The predicted octanol–water partition coefficient (Wildman–Crippen LogP) is 4.74.